The van der Waals surface area contributed by atoms with Gasteiger partial charge in [-0.25, -0.2) is 0 Å². The monoisotopic (exact) mass is 285 g/mol. The summed E-state index contributed by atoms with van der Waals surface area (Å²) in [5, 5.41) is 0. The number of nitrogens with two attached hydrogens (primary N) is 1. The summed E-state index contributed by atoms with van der Waals surface area (Å²) in [5.41, 5.74) is 11.2. The first kappa shape index (κ1) is 19.4. The molecule has 0 saturated carbocycles. The normalized spacial score (nSPS) is 12.3. The maximum Gasteiger partial charge on any atom is 0.000635 e. The molecule has 0 spiro atoms. The van der Waals surface area contributed by atoms with Gasteiger partial charge in [0.15, 0.2) is 0 Å². The van der Waals surface area contributed by atoms with Gasteiger partial charge >= 0.3 is 0 Å². The van der Waals surface area contributed by atoms with Crippen LogP contribution in [-0.4, -0.2) is 6.54 Å². The van der Waals surface area contributed by atoms with E-state index in [9.17, 15) is 0 Å². The van der Waals surface area contributed by atoms with E-state index in [0.29, 0.717) is 12.5 Å². The van der Waals surface area contributed by atoms with Crippen LogP contribution in [0.25, 0.3) is 0 Å². The molecule has 0 radical (unpaired) electrons. The van der Waals surface area contributed by atoms with Crippen molar-refractivity contribution in [1.29, 1.82) is 0 Å². The highest BCUT2D eigenvalue weighted by Gasteiger charge is 2.05. The SMILES string of the molecule is C=CC(CC=CCC/C=C\CC=C=C(C)C)C(=C)CCN. The van der Waals surface area contributed by atoms with Crippen LogP contribution in [0.1, 0.15) is 46.0 Å². The smallest absolute Gasteiger partial charge is 0.000635 e. The van der Waals surface area contributed by atoms with Gasteiger partial charge in [-0.2, -0.15) is 0 Å². The maximum absolute atomic E-state index is 5.55. The number of hydrogen-bond acceptors (Lipinski definition) is 1. The molecule has 0 aliphatic carbocycles. The van der Waals surface area contributed by atoms with E-state index in [-0.39, 0.29) is 0 Å². The third-order valence-electron chi connectivity index (χ3n) is 3.14. The average molecular weight is 285 g/mol. The van der Waals surface area contributed by atoms with E-state index in [0.717, 1.165) is 32.1 Å². The standard InChI is InChI=1S/C20H31N/c1-5-20(19(4)16-17-21)15-13-11-9-7-6-8-10-12-14-18(2)3/h5-6,8,11-13,20H,1,4,7,9-10,15-17,21H2,2-3H3/b8-6-,13-11?. The van der Waals surface area contributed by atoms with Gasteiger partial charge in [-0.1, -0.05) is 42.5 Å². The molecule has 1 atom stereocenters. The van der Waals surface area contributed by atoms with Crippen LogP contribution < -0.4 is 5.73 Å². The highest BCUT2D eigenvalue weighted by Crippen LogP contribution is 2.18. The number of unbranched alkanes of at least 4 members (excludes halogenated alkanes) is 1. The number of allylic oxidation sites excluding steroid dienone is 6. The van der Waals surface area contributed by atoms with Crippen LogP contribution in [-0.2, 0) is 0 Å². The van der Waals surface area contributed by atoms with Crippen LogP contribution in [0.5, 0.6) is 0 Å². The van der Waals surface area contributed by atoms with Crippen molar-refractivity contribution in [2.75, 3.05) is 6.54 Å². The minimum Gasteiger partial charge on any atom is -0.330 e. The Bertz CT molecular complexity index is 413. The van der Waals surface area contributed by atoms with Gasteiger partial charge in [-0.15, -0.1) is 12.3 Å². The third-order valence-corrected chi connectivity index (χ3v) is 3.14. The summed E-state index contributed by atoms with van der Waals surface area (Å²) in [5.74, 6) is 0.356. The molecule has 1 nitrogen and oxygen atoms in total. The predicted molar refractivity (Wildman–Crippen MR) is 96.2 cm³/mol. The molecule has 0 bridgehead atoms. The fourth-order valence-corrected chi connectivity index (χ4v) is 1.90. The van der Waals surface area contributed by atoms with E-state index in [2.05, 4.69) is 63.1 Å². The van der Waals surface area contributed by atoms with Crippen LogP contribution in [0, 0.1) is 5.92 Å². The molecule has 0 heterocycles. The van der Waals surface area contributed by atoms with Crippen molar-refractivity contribution in [2.24, 2.45) is 11.7 Å². The largest absolute Gasteiger partial charge is 0.330 e. The molecule has 1 unspecified atom stereocenters. The Morgan fingerprint density at radius 3 is 2.38 bits per heavy atom. The van der Waals surface area contributed by atoms with Crippen molar-refractivity contribution >= 4 is 0 Å². The van der Waals surface area contributed by atoms with Crippen LogP contribution >= 0.6 is 0 Å². The number of rotatable bonds is 11. The van der Waals surface area contributed by atoms with Gasteiger partial charge in [-0.05, 0) is 64.1 Å². The van der Waals surface area contributed by atoms with Gasteiger partial charge in [0.2, 0.25) is 0 Å². The van der Waals surface area contributed by atoms with Gasteiger partial charge < -0.3 is 5.73 Å². The lowest BCUT2D eigenvalue weighted by molar-refractivity contribution is 0.725. The molecule has 2 N–H and O–H groups in total. The van der Waals surface area contributed by atoms with Crippen molar-refractivity contribution in [1.82, 2.24) is 0 Å². The van der Waals surface area contributed by atoms with Crippen LogP contribution in [0.2, 0.25) is 0 Å². The molecule has 0 aromatic carbocycles. The molecule has 0 saturated heterocycles. The second-order valence-corrected chi connectivity index (χ2v) is 5.38. The molecule has 116 valence electrons. The lowest BCUT2D eigenvalue weighted by atomic mass is 9.94. The second kappa shape index (κ2) is 13.4. The van der Waals surface area contributed by atoms with E-state index in [1.165, 1.54) is 11.1 Å². The predicted octanol–water partition coefficient (Wildman–Crippen LogP) is 5.49. The highest BCUT2D eigenvalue weighted by atomic mass is 14.5. The Kier molecular flexibility index (Phi) is 12.4. The molecule has 0 fully saturated rings. The summed E-state index contributed by atoms with van der Waals surface area (Å²) in [6.45, 7) is 12.7. The van der Waals surface area contributed by atoms with Gasteiger partial charge in [0.05, 0.1) is 0 Å². The molecule has 0 aromatic rings. The summed E-state index contributed by atoms with van der Waals surface area (Å²) in [7, 11) is 0. The first-order chi connectivity index (χ1) is 10.1. The van der Waals surface area contributed by atoms with Crippen molar-refractivity contribution in [3.05, 3.63) is 66.5 Å². The molecule has 0 aliphatic rings. The summed E-state index contributed by atoms with van der Waals surface area (Å²) in [6, 6.07) is 0. The lowest BCUT2D eigenvalue weighted by Gasteiger charge is -2.12. The molecule has 21 heavy (non-hydrogen) atoms. The fourth-order valence-electron chi connectivity index (χ4n) is 1.90. The van der Waals surface area contributed by atoms with E-state index in [1.807, 2.05) is 6.08 Å². The minimum absolute atomic E-state index is 0.356. The Labute approximate surface area is 131 Å². The molecule has 0 amide bonds. The van der Waals surface area contributed by atoms with Crippen LogP contribution in [0.15, 0.2) is 66.5 Å². The Hall–Kier alpha value is -1.56. The summed E-state index contributed by atoms with van der Waals surface area (Å²) >= 11 is 0. The quantitative estimate of drug-likeness (QED) is 0.303. The lowest BCUT2D eigenvalue weighted by Crippen LogP contribution is -2.05. The zero-order valence-corrected chi connectivity index (χ0v) is 13.8. The maximum atomic E-state index is 5.55. The highest BCUT2D eigenvalue weighted by molar-refractivity contribution is 5.10. The Balaban J connectivity index is 3.86. The molecule has 1 heteroatoms. The van der Waals surface area contributed by atoms with Gasteiger partial charge in [0.25, 0.3) is 0 Å². The first-order valence-electron chi connectivity index (χ1n) is 7.80. The van der Waals surface area contributed by atoms with Crippen molar-refractivity contribution < 1.29 is 0 Å². The van der Waals surface area contributed by atoms with E-state index in [4.69, 9.17) is 5.73 Å². The topological polar surface area (TPSA) is 26.0 Å². The van der Waals surface area contributed by atoms with Gasteiger partial charge in [0, 0.05) is 5.92 Å². The minimum atomic E-state index is 0.356. The van der Waals surface area contributed by atoms with Crippen LogP contribution in [0.4, 0.5) is 0 Å². The first-order valence-corrected chi connectivity index (χ1v) is 7.80. The third kappa shape index (κ3) is 11.9. The Morgan fingerprint density at radius 2 is 1.81 bits per heavy atom. The molecular formula is C20H31N. The summed E-state index contributed by atoms with van der Waals surface area (Å²) in [6.07, 6.45) is 17.9. The van der Waals surface area contributed by atoms with Gasteiger partial charge in [0.1, 0.15) is 0 Å². The van der Waals surface area contributed by atoms with Crippen molar-refractivity contribution in [3.8, 4) is 0 Å². The van der Waals surface area contributed by atoms with Crippen molar-refractivity contribution in [3.63, 3.8) is 0 Å². The van der Waals surface area contributed by atoms with E-state index in [1.54, 1.807) is 0 Å². The zero-order valence-electron chi connectivity index (χ0n) is 13.8. The Morgan fingerprint density at radius 1 is 1.14 bits per heavy atom. The van der Waals surface area contributed by atoms with Gasteiger partial charge in [-0.3, -0.25) is 0 Å². The van der Waals surface area contributed by atoms with E-state index >= 15 is 0 Å². The van der Waals surface area contributed by atoms with Crippen LogP contribution in [0.3, 0.4) is 0 Å². The number of hydrogen-bond donors (Lipinski definition) is 1. The fraction of sp³-hybridized carbons (Fsp3) is 0.450. The van der Waals surface area contributed by atoms with E-state index < -0.39 is 0 Å². The summed E-state index contributed by atoms with van der Waals surface area (Å²) in [4.78, 5) is 0. The molecule has 0 rings (SSSR count). The zero-order chi connectivity index (χ0) is 15.9. The molecule has 0 aliphatic heterocycles. The second-order valence-electron chi connectivity index (χ2n) is 5.38. The summed E-state index contributed by atoms with van der Waals surface area (Å²) < 4.78 is 0. The average Bonchev–Trinajstić information content (AvgIpc) is 2.44. The van der Waals surface area contributed by atoms with Crippen molar-refractivity contribution in [2.45, 2.75) is 46.0 Å². The molecular weight excluding hydrogens is 254 g/mol. The molecule has 0 aromatic heterocycles.